The number of rotatable bonds is 3. The minimum absolute atomic E-state index is 0.184. The van der Waals surface area contributed by atoms with Crippen LogP contribution in [-0.2, 0) is 10.2 Å². The highest BCUT2D eigenvalue weighted by atomic mass is 16.7. The molecule has 0 heterocycles. The summed E-state index contributed by atoms with van der Waals surface area (Å²) >= 11 is 0. The van der Waals surface area contributed by atoms with E-state index in [1.807, 2.05) is 6.07 Å². The fraction of sp³-hybridized carbons (Fsp3) is 0.538. The van der Waals surface area contributed by atoms with Crippen LogP contribution >= 0.6 is 0 Å². The average molecular weight is 208 g/mol. The molecule has 15 heavy (non-hydrogen) atoms. The summed E-state index contributed by atoms with van der Waals surface area (Å²) in [6.45, 7) is 9.05. The van der Waals surface area contributed by atoms with Crippen molar-refractivity contribution >= 4 is 0 Å². The molecule has 0 N–H and O–H groups in total. The molecule has 0 amide bonds. The van der Waals surface area contributed by atoms with Crippen LogP contribution in [0.3, 0.4) is 0 Å². The van der Waals surface area contributed by atoms with E-state index in [0.29, 0.717) is 6.79 Å². The molecule has 84 valence electrons. The molecule has 0 spiro atoms. The summed E-state index contributed by atoms with van der Waals surface area (Å²) in [4.78, 5) is 0. The monoisotopic (exact) mass is 208 g/mol. The van der Waals surface area contributed by atoms with Gasteiger partial charge < -0.3 is 9.47 Å². The van der Waals surface area contributed by atoms with Crippen LogP contribution in [0.15, 0.2) is 18.2 Å². The lowest BCUT2D eigenvalue weighted by Gasteiger charge is -2.22. The van der Waals surface area contributed by atoms with Gasteiger partial charge in [-0.2, -0.15) is 0 Å². The number of aryl methyl sites for hydroxylation is 1. The van der Waals surface area contributed by atoms with E-state index >= 15 is 0 Å². The fourth-order valence-corrected chi connectivity index (χ4v) is 1.69. The van der Waals surface area contributed by atoms with Crippen LogP contribution in [0, 0.1) is 6.92 Å². The zero-order valence-electron chi connectivity index (χ0n) is 10.3. The van der Waals surface area contributed by atoms with E-state index in [1.54, 1.807) is 7.11 Å². The summed E-state index contributed by atoms with van der Waals surface area (Å²) in [5.41, 5.74) is 2.80. The van der Waals surface area contributed by atoms with E-state index in [-0.39, 0.29) is 5.41 Å². The highest BCUT2D eigenvalue weighted by molar-refractivity contribution is 5.38. The lowest BCUT2D eigenvalue weighted by atomic mass is 9.84. The molecule has 0 atom stereocenters. The van der Waals surface area contributed by atoms with Crippen molar-refractivity contribution in [3.05, 3.63) is 29.3 Å². The van der Waals surface area contributed by atoms with Crippen molar-refractivity contribution in [2.75, 3.05) is 13.9 Å². The quantitative estimate of drug-likeness (QED) is 0.710. The Kier molecular flexibility index (Phi) is 3.75. The van der Waals surface area contributed by atoms with Crippen LogP contribution in [0.1, 0.15) is 31.9 Å². The molecule has 1 aromatic rings. The molecule has 2 nitrogen and oxygen atoms in total. The van der Waals surface area contributed by atoms with E-state index in [4.69, 9.17) is 9.47 Å². The lowest BCUT2D eigenvalue weighted by Crippen LogP contribution is -2.13. The standard InChI is InChI=1S/C13H20O2/c1-10-8-11(15-9-14-5)6-7-12(10)13(2,3)4/h6-8H,9H2,1-5H3. The van der Waals surface area contributed by atoms with Gasteiger partial charge >= 0.3 is 0 Å². The minimum atomic E-state index is 0.184. The normalized spacial score (nSPS) is 11.5. The van der Waals surface area contributed by atoms with Crippen molar-refractivity contribution in [3.63, 3.8) is 0 Å². The fourth-order valence-electron chi connectivity index (χ4n) is 1.69. The Morgan fingerprint density at radius 3 is 2.33 bits per heavy atom. The van der Waals surface area contributed by atoms with Gasteiger partial charge in [0.25, 0.3) is 0 Å². The molecule has 1 aromatic carbocycles. The zero-order chi connectivity index (χ0) is 11.5. The Morgan fingerprint density at radius 1 is 1.20 bits per heavy atom. The Balaban J connectivity index is 2.89. The van der Waals surface area contributed by atoms with E-state index in [2.05, 4.69) is 39.8 Å². The predicted molar refractivity (Wildman–Crippen MR) is 62.4 cm³/mol. The number of methoxy groups -OCH3 is 1. The van der Waals surface area contributed by atoms with Crippen LogP contribution in [0.2, 0.25) is 0 Å². The smallest absolute Gasteiger partial charge is 0.188 e. The van der Waals surface area contributed by atoms with Crippen molar-refractivity contribution in [1.82, 2.24) is 0 Å². The van der Waals surface area contributed by atoms with E-state index in [0.717, 1.165) is 5.75 Å². The number of hydrogen-bond acceptors (Lipinski definition) is 2. The molecular weight excluding hydrogens is 188 g/mol. The molecule has 0 saturated carbocycles. The maximum Gasteiger partial charge on any atom is 0.188 e. The molecule has 0 fully saturated rings. The second kappa shape index (κ2) is 4.67. The first kappa shape index (κ1) is 12.1. The van der Waals surface area contributed by atoms with Crippen LogP contribution in [0.4, 0.5) is 0 Å². The van der Waals surface area contributed by atoms with Gasteiger partial charge in [0, 0.05) is 7.11 Å². The van der Waals surface area contributed by atoms with E-state index in [1.165, 1.54) is 11.1 Å². The van der Waals surface area contributed by atoms with Gasteiger partial charge in [0.05, 0.1) is 0 Å². The SMILES string of the molecule is COCOc1ccc(C(C)(C)C)c(C)c1. The van der Waals surface area contributed by atoms with Crippen molar-refractivity contribution < 1.29 is 9.47 Å². The second-order valence-corrected chi connectivity index (χ2v) is 4.78. The first-order valence-corrected chi connectivity index (χ1v) is 5.18. The molecule has 0 aliphatic carbocycles. The Bertz CT molecular complexity index is 324. The van der Waals surface area contributed by atoms with E-state index in [9.17, 15) is 0 Å². The van der Waals surface area contributed by atoms with Crippen molar-refractivity contribution in [2.24, 2.45) is 0 Å². The summed E-state index contributed by atoms with van der Waals surface area (Å²) < 4.78 is 10.2. The zero-order valence-corrected chi connectivity index (χ0v) is 10.3. The maximum atomic E-state index is 5.38. The van der Waals surface area contributed by atoms with Crippen LogP contribution < -0.4 is 4.74 Å². The van der Waals surface area contributed by atoms with Crippen LogP contribution in [0.5, 0.6) is 5.75 Å². The Hall–Kier alpha value is -1.02. The summed E-state index contributed by atoms with van der Waals surface area (Å²) in [6.07, 6.45) is 0. The number of benzene rings is 1. The predicted octanol–water partition coefficient (Wildman–Crippen LogP) is 3.28. The maximum absolute atomic E-state index is 5.38. The van der Waals surface area contributed by atoms with Gasteiger partial charge in [0.2, 0.25) is 0 Å². The van der Waals surface area contributed by atoms with Gasteiger partial charge in [-0.25, -0.2) is 0 Å². The van der Waals surface area contributed by atoms with Crippen LogP contribution in [-0.4, -0.2) is 13.9 Å². The average Bonchev–Trinajstić information content (AvgIpc) is 2.12. The van der Waals surface area contributed by atoms with Gasteiger partial charge in [-0.3, -0.25) is 0 Å². The third-order valence-corrected chi connectivity index (χ3v) is 2.35. The van der Waals surface area contributed by atoms with Gasteiger partial charge in [-0.15, -0.1) is 0 Å². The Labute approximate surface area is 92.2 Å². The van der Waals surface area contributed by atoms with E-state index < -0.39 is 0 Å². The van der Waals surface area contributed by atoms with Crippen molar-refractivity contribution in [1.29, 1.82) is 0 Å². The third-order valence-electron chi connectivity index (χ3n) is 2.35. The minimum Gasteiger partial charge on any atom is -0.468 e. The van der Waals surface area contributed by atoms with Gasteiger partial charge in [0.15, 0.2) is 6.79 Å². The lowest BCUT2D eigenvalue weighted by molar-refractivity contribution is 0.0511. The molecule has 0 bridgehead atoms. The number of hydrogen-bond donors (Lipinski definition) is 0. The summed E-state index contributed by atoms with van der Waals surface area (Å²) in [5, 5.41) is 0. The summed E-state index contributed by atoms with van der Waals surface area (Å²) in [5.74, 6) is 0.863. The van der Waals surface area contributed by atoms with Crippen molar-refractivity contribution in [2.45, 2.75) is 33.1 Å². The molecule has 1 rings (SSSR count). The molecule has 0 aromatic heterocycles. The molecule has 0 aliphatic rings. The highest BCUT2D eigenvalue weighted by Crippen LogP contribution is 2.28. The third kappa shape index (κ3) is 3.24. The molecule has 0 unspecified atom stereocenters. The molecule has 0 radical (unpaired) electrons. The summed E-state index contributed by atoms with van der Waals surface area (Å²) in [7, 11) is 1.62. The Morgan fingerprint density at radius 2 is 1.87 bits per heavy atom. The van der Waals surface area contributed by atoms with Crippen LogP contribution in [0.25, 0.3) is 0 Å². The topological polar surface area (TPSA) is 18.5 Å². The largest absolute Gasteiger partial charge is 0.468 e. The molecule has 2 heteroatoms. The molecular formula is C13H20O2. The summed E-state index contributed by atoms with van der Waals surface area (Å²) in [6, 6.07) is 6.17. The highest BCUT2D eigenvalue weighted by Gasteiger charge is 2.16. The first-order chi connectivity index (χ1) is 6.95. The van der Waals surface area contributed by atoms with Gasteiger partial charge in [0.1, 0.15) is 5.75 Å². The first-order valence-electron chi connectivity index (χ1n) is 5.18. The van der Waals surface area contributed by atoms with Gasteiger partial charge in [-0.1, -0.05) is 26.8 Å². The van der Waals surface area contributed by atoms with Gasteiger partial charge in [-0.05, 0) is 35.6 Å². The van der Waals surface area contributed by atoms with Crippen molar-refractivity contribution in [3.8, 4) is 5.75 Å². The second-order valence-electron chi connectivity index (χ2n) is 4.78. The molecule has 0 aliphatic heterocycles. The molecule has 0 saturated heterocycles. The number of ether oxygens (including phenoxy) is 2.